The number of amides is 1. The number of hydrogen-bond donors (Lipinski definition) is 2. The van der Waals surface area contributed by atoms with Gasteiger partial charge in [0, 0.05) is 5.56 Å². The molecule has 1 aliphatic heterocycles. The van der Waals surface area contributed by atoms with Crippen LogP contribution in [0.15, 0.2) is 30.3 Å². The summed E-state index contributed by atoms with van der Waals surface area (Å²) >= 11 is 0. The molecule has 2 aromatic rings. The number of nitrogens with zero attached hydrogens (tertiary/aromatic N) is 1. The molecule has 6 heteroatoms. The number of carbonyl (C=O) groups excluding carboxylic acids is 1. The van der Waals surface area contributed by atoms with Crippen molar-refractivity contribution in [3.05, 3.63) is 52.8 Å². The van der Waals surface area contributed by atoms with Crippen LogP contribution >= 0.6 is 0 Å². The van der Waals surface area contributed by atoms with Crippen molar-refractivity contribution in [3.8, 4) is 22.9 Å². The van der Waals surface area contributed by atoms with Crippen LogP contribution in [0.3, 0.4) is 0 Å². The molecular weight excluding hydrogens is 297 g/mol. The van der Waals surface area contributed by atoms with Crippen molar-refractivity contribution < 1.29 is 13.9 Å². The fourth-order valence-electron chi connectivity index (χ4n) is 2.62. The molecule has 5 nitrogen and oxygen atoms in total. The minimum absolute atomic E-state index is 0.0364. The van der Waals surface area contributed by atoms with Crippen LogP contribution in [-0.4, -0.2) is 11.9 Å². The highest BCUT2D eigenvalue weighted by Crippen LogP contribution is 2.39. The van der Waals surface area contributed by atoms with Crippen LogP contribution in [0.25, 0.3) is 11.1 Å². The second-order valence-corrected chi connectivity index (χ2v) is 5.43. The first-order valence-corrected chi connectivity index (χ1v) is 7.03. The molecule has 3 rings (SSSR count). The molecule has 0 spiro atoms. The van der Waals surface area contributed by atoms with E-state index in [2.05, 4.69) is 0 Å². The van der Waals surface area contributed by atoms with Gasteiger partial charge in [-0.15, -0.1) is 0 Å². The molecule has 1 aliphatic rings. The lowest BCUT2D eigenvalue weighted by molar-refractivity contribution is -0.119. The maximum absolute atomic E-state index is 14.3. The molecule has 0 saturated heterocycles. The van der Waals surface area contributed by atoms with Gasteiger partial charge in [0.1, 0.15) is 18.2 Å². The van der Waals surface area contributed by atoms with Gasteiger partial charge in [-0.25, -0.2) is 4.39 Å². The number of nitrogens with two attached hydrogens (primary N) is 2. The summed E-state index contributed by atoms with van der Waals surface area (Å²) in [5.74, 6) is -0.567. The molecule has 0 bridgehead atoms. The Morgan fingerprint density at radius 1 is 1.35 bits per heavy atom. The highest BCUT2D eigenvalue weighted by Gasteiger charge is 2.21. The number of carbonyl (C=O) groups is 1. The van der Waals surface area contributed by atoms with Crippen LogP contribution in [0.2, 0.25) is 0 Å². The van der Waals surface area contributed by atoms with E-state index in [0.717, 1.165) is 11.1 Å². The van der Waals surface area contributed by atoms with E-state index in [1.165, 1.54) is 6.07 Å². The number of primary amides is 1. The Bertz CT molecular complexity index is 842. The first kappa shape index (κ1) is 15.0. The minimum Gasteiger partial charge on any atom is -0.488 e. The van der Waals surface area contributed by atoms with Gasteiger partial charge in [0.25, 0.3) is 0 Å². The molecule has 0 fully saturated rings. The Balaban J connectivity index is 2.02. The van der Waals surface area contributed by atoms with Crippen molar-refractivity contribution in [2.75, 3.05) is 0 Å². The van der Waals surface area contributed by atoms with Crippen molar-refractivity contribution >= 4 is 5.91 Å². The summed E-state index contributed by atoms with van der Waals surface area (Å²) in [6.45, 7) is 0.260. The minimum atomic E-state index is -0.933. The van der Waals surface area contributed by atoms with E-state index in [4.69, 9.17) is 21.5 Å². The highest BCUT2D eigenvalue weighted by molar-refractivity contribution is 5.80. The average molecular weight is 311 g/mol. The van der Waals surface area contributed by atoms with Crippen LogP contribution < -0.4 is 16.2 Å². The largest absolute Gasteiger partial charge is 0.488 e. The molecule has 1 heterocycles. The van der Waals surface area contributed by atoms with Crippen molar-refractivity contribution in [2.24, 2.45) is 11.5 Å². The van der Waals surface area contributed by atoms with Crippen molar-refractivity contribution in [1.29, 1.82) is 5.26 Å². The van der Waals surface area contributed by atoms with Gasteiger partial charge in [0.15, 0.2) is 0 Å². The fourth-order valence-corrected chi connectivity index (χ4v) is 2.62. The van der Waals surface area contributed by atoms with E-state index in [9.17, 15) is 9.18 Å². The molecule has 1 unspecified atom stereocenters. The standard InChI is InChI=1S/C17H14FN3O2/c18-14-6-13-11(4-10(14)5-15(20)17(21)22)8-23-16-3-9(7-19)1-2-12(13)16/h1-4,6,15H,5,8,20H2,(H2,21,22). The Morgan fingerprint density at radius 3 is 2.83 bits per heavy atom. The SMILES string of the molecule is N#Cc1ccc2c(c1)OCc1cc(CC(N)C(N)=O)c(F)cc1-2. The van der Waals surface area contributed by atoms with Gasteiger partial charge >= 0.3 is 0 Å². The van der Waals surface area contributed by atoms with Gasteiger partial charge in [-0.05, 0) is 53.4 Å². The number of benzene rings is 2. The van der Waals surface area contributed by atoms with Crippen LogP contribution in [-0.2, 0) is 17.8 Å². The van der Waals surface area contributed by atoms with Crippen LogP contribution in [0.5, 0.6) is 5.75 Å². The lowest BCUT2D eigenvalue weighted by atomic mass is 9.92. The first-order chi connectivity index (χ1) is 11.0. The molecule has 1 amide bonds. The number of hydrogen-bond acceptors (Lipinski definition) is 4. The van der Waals surface area contributed by atoms with Gasteiger partial charge in [0.05, 0.1) is 17.7 Å². The topological polar surface area (TPSA) is 102 Å². The van der Waals surface area contributed by atoms with Gasteiger partial charge in [-0.3, -0.25) is 4.79 Å². The Kier molecular flexibility index (Phi) is 3.72. The van der Waals surface area contributed by atoms with Gasteiger partial charge < -0.3 is 16.2 Å². The predicted molar refractivity (Wildman–Crippen MR) is 81.8 cm³/mol. The molecule has 116 valence electrons. The van der Waals surface area contributed by atoms with E-state index in [1.807, 2.05) is 6.07 Å². The molecule has 0 radical (unpaired) electrons. The molecule has 4 N–H and O–H groups in total. The van der Waals surface area contributed by atoms with E-state index in [1.54, 1.807) is 24.3 Å². The zero-order chi connectivity index (χ0) is 16.6. The molecule has 2 aromatic carbocycles. The fraction of sp³-hybridized carbons (Fsp3) is 0.176. The summed E-state index contributed by atoms with van der Waals surface area (Å²) < 4.78 is 20.0. The molecule has 0 aliphatic carbocycles. The van der Waals surface area contributed by atoms with E-state index in [-0.39, 0.29) is 13.0 Å². The Morgan fingerprint density at radius 2 is 2.13 bits per heavy atom. The Hall–Kier alpha value is -2.91. The van der Waals surface area contributed by atoms with Gasteiger partial charge in [-0.1, -0.05) is 0 Å². The van der Waals surface area contributed by atoms with Gasteiger partial charge in [-0.2, -0.15) is 5.26 Å². The summed E-state index contributed by atoms with van der Waals surface area (Å²) in [5.41, 5.74) is 13.8. The third-order valence-electron chi connectivity index (χ3n) is 3.86. The zero-order valence-corrected chi connectivity index (χ0v) is 12.2. The van der Waals surface area contributed by atoms with Crippen LogP contribution in [0.4, 0.5) is 4.39 Å². The predicted octanol–water partition coefficient (Wildman–Crippen LogP) is 1.61. The second kappa shape index (κ2) is 5.71. The first-order valence-electron chi connectivity index (χ1n) is 7.03. The highest BCUT2D eigenvalue weighted by atomic mass is 19.1. The lowest BCUT2D eigenvalue weighted by Gasteiger charge is -2.22. The van der Waals surface area contributed by atoms with E-state index >= 15 is 0 Å². The maximum atomic E-state index is 14.3. The van der Waals surface area contributed by atoms with Crippen LogP contribution in [0.1, 0.15) is 16.7 Å². The normalized spacial score (nSPS) is 13.3. The van der Waals surface area contributed by atoms with E-state index < -0.39 is 17.8 Å². The molecule has 23 heavy (non-hydrogen) atoms. The number of fused-ring (bicyclic) bond motifs is 3. The summed E-state index contributed by atoms with van der Waals surface area (Å²) in [6, 6.07) is 9.19. The van der Waals surface area contributed by atoms with Gasteiger partial charge in [0.2, 0.25) is 5.91 Å². The zero-order valence-electron chi connectivity index (χ0n) is 12.2. The van der Waals surface area contributed by atoms with Crippen molar-refractivity contribution in [1.82, 2.24) is 0 Å². The maximum Gasteiger partial charge on any atom is 0.234 e. The lowest BCUT2D eigenvalue weighted by Crippen LogP contribution is -2.38. The van der Waals surface area contributed by atoms with Crippen molar-refractivity contribution in [2.45, 2.75) is 19.1 Å². The molecule has 0 aromatic heterocycles. The Labute approximate surface area is 132 Å². The smallest absolute Gasteiger partial charge is 0.234 e. The summed E-state index contributed by atoms with van der Waals surface area (Å²) in [6.07, 6.45) is 0.0364. The quantitative estimate of drug-likeness (QED) is 0.899. The number of halogens is 1. The number of ether oxygens (including phenoxy) is 1. The number of nitriles is 1. The van der Waals surface area contributed by atoms with Crippen molar-refractivity contribution in [3.63, 3.8) is 0 Å². The molecule has 0 saturated carbocycles. The monoisotopic (exact) mass is 311 g/mol. The molecular formula is C17H14FN3O2. The third kappa shape index (κ3) is 2.74. The molecule has 1 atom stereocenters. The summed E-state index contributed by atoms with van der Waals surface area (Å²) in [4.78, 5) is 11.1. The third-order valence-corrected chi connectivity index (χ3v) is 3.86. The summed E-state index contributed by atoms with van der Waals surface area (Å²) in [5, 5.41) is 8.93. The number of rotatable bonds is 3. The summed E-state index contributed by atoms with van der Waals surface area (Å²) in [7, 11) is 0. The van der Waals surface area contributed by atoms with Crippen LogP contribution in [0, 0.1) is 17.1 Å². The van der Waals surface area contributed by atoms with E-state index in [0.29, 0.717) is 22.4 Å². The second-order valence-electron chi connectivity index (χ2n) is 5.43. The average Bonchev–Trinajstić information content (AvgIpc) is 2.54.